The maximum atomic E-state index is 8.36. The van der Waals surface area contributed by atoms with E-state index in [4.69, 9.17) is 27.9 Å². The number of unbranched alkanes of at least 4 members (excludes halogenated alkanes) is 3. The number of carboxylic acid groups (broad SMARTS) is 1. The molecular weight excluding hydrogens is 261 g/mol. The van der Waals surface area contributed by atoms with E-state index in [9.17, 15) is 0 Å². The van der Waals surface area contributed by atoms with Crippen molar-refractivity contribution in [3.8, 4) is 0 Å². The van der Waals surface area contributed by atoms with Crippen molar-refractivity contribution in [3.63, 3.8) is 0 Å². The molecule has 3 nitrogen and oxygen atoms in total. The van der Waals surface area contributed by atoms with Crippen LogP contribution < -0.4 is 5.73 Å². The van der Waals surface area contributed by atoms with E-state index in [-0.39, 0.29) is 23.5 Å². The third-order valence-electron chi connectivity index (χ3n) is 1.24. The molecule has 0 fully saturated rings. The Morgan fingerprint density at radius 2 is 2.00 bits per heavy atom. The monoisotopic (exact) mass is 278 g/mol. The van der Waals surface area contributed by atoms with Crippen LogP contribution in [0.5, 0.6) is 0 Å². The summed E-state index contributed by atoms with van der Waals surface area (Å²) in [6.07, 6.45) is 5.18. The van der Waals surface area contributed by atoms with E-state index in [1.807, 2.05) is 0 Å². The van der Waals surface area contributed by atoms with Crippen molar-refractivity contribution in [2.75, 3.05) is 5.75 Å². The summed E-state index contributed by atoms with van der Waals surface area (Å²) in [6, 6.07) is 0. The number of thioether (sulfide) groups is 1. The molecule has 0 aromatic carbocycles. The molecule has 0 aliphatic rings. The summed E-state index contributed by atoms with van der Waals surface area (Å²) in [5.74, 6) is 1.09. The van der Waals surface area contributed by atoms with Gasteiger partial charge in [0.05, 0.1) is 0 Å². The zero-order valence-corrected chi connectivity index (χ0v) is 11.1. The first-order chi connectivity index (χ1) is 6.18. The van der Waals surface area contributed by atoms with Gasteiger partial charge in [-0.05, 0) is 6.42 Å². The largest absolute Gasteiger partial charge is 0.483 e. The number of rotatable bonds is 5. The van der Waals surface area contributed by atoms with Gasteiger partial charge >= 0.3 is 0 Å². The van der Waals surface area contributed by atoms with E-state index in [0.29, 0.717) is 4.32 Å². The van der Waals surface area contributed by atoms with E-state index >= 15 is 0 Å². The summed E-state index contributed by atoms with van der Waals surface area (Å²) in [5, 5.41) is 6.89. The minimum absolute atomic E-state index is 0. The van der Waals surface area contributed by atoms with E-state index in [0.717, 1.165) is 5.75 Å². The molecule has 0 aromatic rings. The number of hydrogen-bond acceptors (Lipinski definition) is 3. The van der Waals surface area contributed by atoms with Gasteiger partial charge in [0.25, 0.3) is 6.47 Å². The SMILES string of the molecule is CCCCCCSC(N)=S.O=CO.[Mn]. The van der Waals surface area contributed by atoms with Crippen LogP contribution in [0.2, 0.25) is 0 Å². The predicted octanol–water partition coefficient (Wildman–Crippen LogP) is 2.24. The normalized spacial score (nSPS) is 7.79. The van der Waals surface area contributed by atoms with Gasteiger partial charge in [-0.2, -0.15) is 0 Å². The Labute approximate surface area is 106 Å². The average Bonchev–Trinajstić information content (AvgIpc) is 2.05. The topological polar surface area (TPSA) is 63.3 Å². The predicted molar refractivity (Wildman–Crippen MR) is 62.1 cm³/mol. The summed E-state index contributed by atoms with van der Waals surface area (Å²) in [6.45, 7) is 1.96. The molecule has 0 aromatic heterocycles. The summed E-state index contributed by atoms with van der Waals surface area (Å²) in [4.78, 5) is 8.36. The molecule has 0 spiro atoms. The molecule has 0 saturated carbocycles. The van der Waals surface area contributed by atoms with Gasteiger partial charge in [-0.1, -0.05) is 50.2 Å². The van der Waals surface area contributed by atoms with Gasteiger partial charge in [-0.15, -0.1) is 0 Å². The fourth-order valence-corrected chi connectivity index (χ4v) is 1.50. The molecule has 3 N–H and O–H groups in total. The first-order valence-corrected chi connectivity index (χ1v) is 5.58. The fourth-order valence-electron chi connectivity index (χ4n) is 0.702. The Balaban J connectivity index is -0.000000267. The second kappa shape index (κ2) is 18.9. The zero-order valence-electron chi connectivity index (χ0n) is 8.24. The summed E-state index contributed by atoms with van der Waals surface area (Å²) >= 11 is 6.31. The Hall–Kier alpha value is 0.229. The smallest absolute Gasteiger partial charge is 0.290 e. The Morgan fingerprint density at radius 3 is 2.36 bits per heavy atom. The van der Waals surface area contributed by atoms with Gasteiger partial charge in [0.1, 0.15) is 4.32 Å². The first kappa shape index (κ1) is 19.7. The molecule has 0 aliphatic heterocycles. The maximum Gasteiger partial charge on any atom is 0.290 e. The zero-order chi connectivity index (χ0) is 10.5. The van der Waals surface area contributed by atoms with Gasteiger partial charge in [-0.25, -0.2) is 0 Å². The molecule has 1 radical (unpaired) electrons. The van der Waals surface area contributed by atoms with Crippen molar-refractivity contribution in [3.05, 3.63) is 0 Å². The molecule has 0 heterocycles. The molecule has 0 amide bonds. The molecule has 0 rings (SSSR count). The first-order valence-electron chi connectivity index (χ1n) is 4.19. The van der Waals surface area contributed by atoms with Gasteiger partial charge in [0.15, 0.2) is 0 Å². The molecule has 14 heavy (non-hydrogen) atoms. The maximum absolute atomic E-state index is 8.36. The molecule has 0 unspecified atom stereocenters. The summed E-state index contributed by atoms with van der Waals surface area (Å²) in [5.41, 5.74) is 5.30. The third kappa shape index (κ3) is 29.5. The van der Waals surface area contributed by atoms with Gasteiger partial charge in [0, 0.05) is 22.8 Å². The van der Waals surface area contributed by atoms with E-state index in [1.165, 1.54) is 25.7 Å². The van der Waals surface area contributed by atoms with Crippen LogP contribution in [0, 0.1) is 0 Å². The van der Waals surface area contributed by atoms with Crippen LogP contribution in [-0.4, -0.2) is 21.7 Å². The second-order valence-electron chi connectivity index (χ2n) is 2.33. The van der Waals surface area contributed by atoms with Crippen molar-refractivity contribution in [1.29, 1.82) is 0 Å². The van der Waals surface area contributed by atoms with Gasteiger partial charge in [-0.3, -0.25) is 4.79 Å². The van der Waals surface area contributed by atoms with Crippen LogP contribution >= 0.6 is 24.0 Å². The third-order valence-corrected chi connectivity index (χ3v) is 2.37. The molecule has 6 heteroatoms. The van der Waals surface area contributed by atoms with Crippen molar-refractivity contribution < 1.29 is 27.0 Å². The summed E-state index contributed by atoms with van der Waals surface area (Å²) in [7, 11) is 0. The van der Waals surface area contributed by atoms with Crippen LogP contribution in [0.4, 0.5) is 0 Å². The number of thiocarbonyl (C=S) groups is 1. The minimum Gasteiger partial charge on any atom is -0.483 e. The molecule has 0 saturated heterocycles. The molecule has 0 atom stereocenters. The summed E-state index contributed by atoms with van der Waals surface area (Å²) < 4.78 is 0.580. The van der Waals surface area contributed by atoms with Crippen LogP contribution in [0.1, 0.15) is 32.6 Å². The van der Waals surface area contributed by atoms with Crippen LogP contribution in [0.15, 0.2) is 0 Å². The van der Waals surface area contributed by atoms with Crippen molar-refractivity contribution >= 4 is 34.8 Å². The molecule has 0 bridgehead atoms. The van der Waals surface area contributed by atoms with Crippen molar-refractivity contribution in [2.45, 2.75) is 32.6 Å². The van der Waals surface area contributed by atoms with Gasteiger partial charge in [0.2, 0.25) is 0 Å². The second-order valence-corrected chi connectivity index (χ2v) is 4.17. The van der Waals surface area contributed by atoms with Crippen LogP contribution in [-0.2, 0) is 21.9 Å². The minimum atomic E-state index is -0.250. The number of hydrogen-bond donors (Lipinski definition) is 2. The quantitative estimate of drug-likeness (QED) is 0.349. The Bertz CT molecular complexity index is 137. The van der Waals surface area contributed by atoms with Crippen LogP contribution in [0.3, 0.4) is 0 Å². The van der Waals surface area contributed by atoms with Crippen molar-refractivity contribution in [1.82, 2.24) is 0 Å². The van der Waals surface area contributed by atoms with Crippen LogP contribution in [0.25, 0.3) is 0 Å². The number of carbonyl (C=O) groups is 1. The standard InChI is InChI=1S/C7H15NS2.CH2O2.Mn/c1-2-3-4-5-6-10-7(8)9;2-1-3;/h2-6H2,1H3,(H2,8,9);1H,(H,2,3);. The van der Waals surface area contributed by atoms with E-state index in [2.05, 4.69) is 6.92 Å². The Kier molecular flexibility index (Phi) is 26.7. The molecule has 0 aliphatic carbocycles. The van der Waals surface area contributed by atoms with Crippen molar-refractivity contribution in [2.24, 2.45) is 5.73 Å². The van der Waals surface area contributed by atoms with E-state index in [1.54, 1.807) is 11.8 Å². The molecular formula is C8H17MnNO2S2. The number of nitrogens with two attached hydrogens (primary N) is 1. The average molecular weight is 278 g/mol. The van der Waals surface area contributed by atoms with Gasteiger partial charge < -0.3 is 10.8 Å². The Morgan fingerprint density at radius 1 is 1.50 bits per heavy atom. The van der Waals surface area contributed by atoms with E-state index < -0.39 is 0 Å². The molecule has 85 valence electrons. The fraction of sp³-hybridized carbons (Fsp3) is 0.750.